The van der Waals surface area contributed by atoms with E-state index in [1.54, 1.807) is 0 Å². The average molecular weight is 348 g/mol. The molecule has 1 aromatic rings. The topological polar surface area (TPSA) is 70.0 Å². The smallest absolute Gasteiger partial charge is 0.407 e. The fraction of sp³-hybridized carbons (Fsp3) is 0.556. The molecule has 1 atom stereocenters. The van der Waals surface area contributed by atoms with E-state index in [-0.39, 0.29) is 5.41 Å². The molecule has 6 heteroatoms. The van der Waals surface area contributed by atoms with Crippen LogP contribution in [0.4, 0.5) is 4.79 Å². The van der Waals surface area contributed by atoms with Crippen LogP contribution in [0.3, 0.4) is 0 Å². The van der Waals surface area contributed by atoms with Crippen molar-refractivity contribution in [1.82, 2.24) is 4.90 Å². The van der Waals surface area contributed by atoms with E-state index < -0.39 is 21.8 Å². The zero-order valence-corrected chi connectivity index (χ0v) is 15.2. The quantitative estimate of drug-likeness (QED) is 0.847. The van der Waals surface area contributed by atoms with Crippen molar-refractivity contribution in [1.29, 1.82) is 0 Å². The highest BCUT2D eigenvalue weighted by molar-refractivity contribution is 7.85. The second-order valence-electron chi connectivity index (χ2n) is 7.69. The van der Waals surface area contributed by atoms with Gasteiger partial charge in [-0.15, -0.1) is 0 Å². The van der Waals surface area contributed by atoms with E-state index in [4.69, 9.17) is 0 Å². The highest BCUT2D eigenvalue weighted by Gasteiger charge is 2.46. The number of likely N-dealkylation sites (tertiary alicyclic amines) is 1. The number of benzene rings is 1. The van der Waals surface area contributed by atoms with Gasteiger partial charge in [0.25, 0.3) is 0 Å². The zero-order valence-electron chi connectivity index (χ0n) is 14.4. The van der Waals surface area contributed by atoms with Crippen LogP contribution < -0.4 is 0 Å². The molecule has 0 bridgehead atoms. The van der Waals surface area contributed by atoms with Crippen LogP contribution in [0.25, 0.3) is 0 Å². The Labute approximate surface area is 145 Å². The summed E-state index contributed by atoms with van der Waals surface area (Å²) < 4.78 is 16.9. The van der Waals surface area contributed by atoms with Gasteiger partial charge >= 0.3 is 6.09 Å². The molecule has 5 nitrogen and oxygen atoms in total. The van der Waals surface area contributed by atoms with Gasteiger partial charge in [-0.25, -0.2) is 9.00 Å². The molecule has 0 saturated carbocycles. The second kappa shape index (κ2) is 5.99. The molecule has 0 unspecified atom stereocenters. The maximum absolute atomic E-state index is 12.6. The Balaban J connectivity index is 1.99. The first kappa shape index (κ1) is 17.1. The Morgan fingerprint density at radius 3 is 2.46 bits per heavy atom. The summed E-state index contributed by atoms with van der Waals surface area (Å²) >= 11 is 0. The van der Waals surface area contributed by atoms with E-state index in [9.17, 15) is 14.1 Å². The van der Waals surface area contributed by atoms with E-state index in [0.29, 0.717) is 13.1 Å². The highest BCUT2D eigenvalue weighted by atomic mass is 32.2. The number of hydrogen-bond donors (Lipinski definition) is 1. The minimum atomic E-state index is -1.32. The third kappa shape index (κ3) is 2.99. The number of carboxylic acid groups (broad SMARTS) is 1. The number of fused-ring (bicyclic) bond motifs is 1. The van der Waals surface area contributed by atoms with Crippen molar-refractivity contribution in [3.8, 4) is 0 Å². The summed E-state index contributed by atoms with van der Waals surface area (Å²) in [5.41, 5.74) is 3.04. The summed E-state index contributed by atoms with van der Waals surface area (Å²) in [4.78, 5) is 12.7. The molecule has 1 aliphatic heterocycles. The molecule has 3 rings (SSSR count). The fourth-order valence-electron chi connectivity index (χ4n) is 3.54. The zero-order chi connectivity index (χ0) is 17.5. The Morgan fingerprint density at radius 2 is 1.88 bits per heavy atom. The summed E-state index contributed by atoms with van der Waals surface area (Å²) in [5.74, 6) is 0. The standard InChI is InChI=1S/C18H24N2O3S/c1-17(2,3)24(23)19-15-14-7-5-4-6-13(14)12-18(15)8-10-20(11-9-18)16(21)22/h4-7H,8-12H2,1-3H3,(H,21,22)/t24-/m1/s1. The van der Waals surface area contributed by atoms with Crippen molar-refractivity contribution in [2.45, 2.75) is 44.8 Å². The molecule has 1 N–H and O–H groups in total. The molecule has 0 aromatic heterocycles. The van der Waals surface area contributed by atoms with Crippen molar-refractivity contribution in [3.05, 3.63) is 35.4 Å². The molecule has 1 amide bonds. The van der Waals surface area contributed by atoms with Crippen LogP contribution in [0, 0.1) is 5.41 Å². The third-order valence-corrected chi connectivity index (χ3v) is 6.39. The number of amides is 1. The number of hydrogen-bond acceptors (Lipinski definition) is 2. The number of rotatable bonds is 1. The number of carbonyl (C=O) groups is 1. The van der Waals surface area contributed by atoms with Gasteiger partial charge in [0.1, 0.15) is 11.0 Å². The first-order valence-electron chi connectivity index (χ1n) is 8.30. The molecule has 1 saturated heterocycles. The Bertz CT molecular complexity index is 713. The maximum atomic E-state index is 12.6. The lowest BCUT2D eigenvalue weighted by molar-refractivity contribution is 0.115. The lowest BCUT2D eigenvalue weighted by atomic mass is 9.74. The summed E-state index contributed by atoms with van der Waals surface area (Å²) in [7, 11) is -1.32. The molecular weight excluding hydrogens is 324 g/mol. The van der Waals surface area contributed by atoms with Gasteiger partial charge in [0.15, 0.2) is 0 Å². The molecule has 1 aliphatic carbocycles. The summed E-state index contributed by atoms with van der Waals surface area (Å²) in [6, 6.07) is 8.15. The van der Waals surface area contributed by atoms with E-state index >= 15 is 0 Å². The molecule has 1 fully saturated rings. The van der Waals surface area contributed by atoms with E-state index in [1.807, 2.05) is 39.0 Å². The molecule has 2 aliphatic rings. The van der Waals surface area contributed by atoms with Gasteiger partial charge in [0, 0.05) is 24.1 Å². The minimum Gasteiger partial charge on any atom is -0.465 e. The largest absolute Gasteiger partial charge is 0.465 e. The monoisotopic (exact) mass is 348 g/mol. The average Bonchev–Trinajstić information content (AvgIpc) is 2.80. The van der Waals surface area contributed by atoms with Crippen molar-refractivity contribution in [2.24, 2.45) is 9.81 Å². The van der Waals surface area contributed by atoms with Gasteiger partial charge in [-0.2, -0.15) is 4.40 Å². The Morgan fingerprint density at radius 1 is 1.25 bits per heavy atom. The van der Waals surface area contributed by atoms with Crippen molar-refractivity contribution >= 4 is 22.8 Å². The second-order valence-corrected chi connectivity index (χ2v) is 9.59. The minimum absolute atomic E-state index is 0.184. The van der Waals surface area contributed by atoms with Gasteiger partial charge in [-0.3, -0.25) is 0 Å². The lowest BCUT2D eigenvalue weighted by Gasteiger charge is -2.38. The lowest BCUT2D eigenvalue weighted by Crippen LogP contribution is -2.45. The molecule has 1 heterocycles. The van der Waals surface area contributed by atoms with Crippen LogP contribution >= 0.6 is 0 Å². The molecule has 0 radical (unpaired) electrons. The maximum Gasteiger partial charge on any atom is 0.407 e. The van der Waals surface area contributed by atoms with Crippen LogP contribution in [-0.4, -0.2) is 43.9 Å². The molecule has 1 aromatic carbocycles. The molecule has 130 valence electrons. The predicted octanol–water partition coefficient (Wildman–Crippen LogP) is 3.25. The molecular formula is C18H24N2O3S. The summed E-state index contributed by atoms with van der Waals surface area (Å²) in [6.45, 7) is 6.78. The number of piperidine rings is 1. The van der Waals surface area contributed by atoms with E-state index in [2.05, 4.69) is 10.5 Å². The van der Waals surface area contributed by atoms with Crippen LogP contribution in [0.5, 0.6) is 0 Å². The first-order chi connectivity index (χ1) is 11.2. The SMILES string of the molecule is CC(C)(C)[S@@](=O)N=C1c2ccccc2CC12CCN(C(=O)O)CC2. The van der Waals surface area contributed by atoms with E-state index in [1.165, 1.54) is 10.5 Å². The Hall–Kier alpha value is -1.69. The van der Waals surface area contributed by atoms with Crippen LogP contribution in [0.1, 0.15) is 44.7 Å². The normalized spacial score (nSPS) is 22.6. The molecule has 1 spiro atoms. The van der Waals surface area contributed by atoms with Gasteiger partial charge in [0.2, 0.25) is 0 Å². The van der Waals surface area contributed by atoms with E-state index in [0.717, 1.165) is 30.5 Å². The highest BCUT2D eigenvalue weighted by Crippen LogP contribution is 2.45. The van der Waals surface area contributed by atoms with Crippen molar-refractivity contribution in [2.75, 3.05) is 13.1 Å². The van der Waals surface area contributed by atoms with Crippen molar-refractivity contribution < 1.29 is 14.1 Å². The third-order valence-electron chi connectivity index (χ3n) is 4.99. The van der Waals surface area contributed by atoms with Gasteiger partial charge in [0.05, 0.1) is 10.5 Å². The van der Waals surface area contributed by atoms with Gasteiger partial charge in [-0.05, 0) is 45.6 Å². The predicted molar refractivity (Wildman–Crippen MR) is 95.8 cm³/mol. The fourth-order valence-corrected chi connectivity index (χ4v) is 4.28. The summed E-state index contributed by atoms with van der Waals surface area (Å²) in [5, 5.41) is 9.21. The first-order valence-corrected chi connectivity index (χ1v) is 9.41. The van der Waals surface area contributed by atoms with Crippen LogP contribution in [0.15, 0.2) is 28.7 Å². The van der Waals surface area contributed by atoms with Crippen molar-refractivity contribution in [3.63, 3.8) is 0 Å². The van der Waals surface area contributed by atoms with Gasteiger partial charge in [-0.1, -0.05) is 24.3 Å². The van der Waals surface area contributed by atoms with Crippen LogP contribution in [0.2, 0.25) is 0 Å². The van der Waals surface area contributed by atoms with Gasteiger partial charge < -0.3 is 10.0 Å². The molecule has 24 heavy (non-hydrogen) atoms. The number of nitrogens with zero attached hydrogens (tertiary/aromatic N) is 2. The Kier molecular flexibility index (Phi) is 4.28. The summed E-state index contributed by atoms with van der Waals surface area (Å²) in [6.07, 6.45) is 1.45. The van der Waals surface area contributed by atoms with Crippen LogP contribution in [-0.2, 0) is 17.4 Å².